The zero-order valence-corrected chi connectivity index (χ0v) is 11.4. The molecule has 0 atom stereocenters. The number of nitrogens with one attached hydrogen (secondary N) is 1. The first kappa shape index (κ1) is 13.0. The fourth-order valence-corrected chi connectivity index (χ4v) is 2.05. The van der Waals surface area contributed by atoms with Crippen LogP contribution in [0.4, 0.5) is 14.5 Å². The van der Waals surface area contributed by atoms with E-state index in [1.54, 1.807) is 24.3 Å². The number of halogens is 3. The van der Waals surface area contributed by atoms with Crippen molar-refractivity contribution in [3.63, 3.8) is 0 Å². The quantitative estimate of drug-likeness (QED) is 0.870. The Balaban J connectivity index is 2.11. The number of anilines is 1. The van der Waals surface area contributed by atoms with Crippen molar-refractivity contribution in [1.82, 2.24) is 0 Å². The van der Waals surface area contributed by atoms with Crippen LogP contribution in [0.2, 0.25) is 0 Å². The molecule has 2 rings (SSSR count). The topological polar surface area (TPSA) is 12.0 Å². The Morgan fingerprint density at radius 3 is 2.50 bits per heavy atom. The second-order valence-electron chi connectivity index (χ2n) is 4.09. The van der Waals surface area contributed by atoms with Crippen LogP contribution in [0.15, 0.2) is 40.9 Å². The second-order valence-corrected chi connectivity index (χ2v) is 4.94. The molecule has 0 amide bonds. The van der Waals surface area contributed by atoms with Gasteiger partial charge in [-0.05, 0) is 58.2 Å². The summed E-state index contributed by atoms with van der Waals surface area (Å²) < 4.78 is 26.9. The van der Waals surface area contributed by atoms with Crippen LogP contribution in [0.5, 0.6) is 0 Å². The predicted molar refractivity (Wildman–Crippen MR) is 72.6 cm³/mol. The minimum atomic E-state index is -0.305. The molecule has 0 aliphatic heterocycles. The molecule has 0 aromatic heterocycles. The van der Waals surface area contributed by atoms with Gasteiger partial charge in [0.15, 0.2) is 0 Å². The van der Waals surface area contributed by atoms with Crippen molar-refractivity contribution < 1.29 is 8.78 Å². The van der Waals surface area contributed by atoms with Gasteiger partial charge in [-0.15, -0.1) is 0 Å². The number of rotatable bonds is 3. The zero-order valence-electron chi connectivity index (χ0n) is 9.81. The standard InChI is InChI=1S/C14H12BrF2N/c1-9-2-4-13(17)14(6-9)18-8-10-3-5-12(16)11(15)7-10/h2-7,18H,8H2,1H3. The molecule has 0 unspecified atom stereocenters. The van der Waals surface area contributed by atoms with Crippen molar-refractivity contribution in [3.05, 3.63) is 63.6 Å². The largest absolute Gasteiger partial charge is 0.379 e. The van der Waals surface area contributed by atoms with Crippen LogP contribution in [0.1, 0.15) is 11.1 Å². The molecule has 2 aromatic carbocycles. The van der Waals surface area contributed by atoms with E-state index in [4.69, 9.17) is 0 Å². The third-order valence-electron chi connectivity index (χ3n) is 2.59. The number of hydrogen-bond donors (Lipinski definition) is 1. The SMILES string of the molecule is Cc1ccc(F)c(NCc2ccc(F)c(Br)c2)c1. The van der Waals surface area contributed by atoms with Gasteiger partial charge in [0.25, 0.3) is 0 Å². The van der Waals surface area contributed by atoms with Crippen molar-refractivity contribution >= 4 is 21.6 Å². The Kier molecular flexibility index (Phi) is 3.97. The van der Waals surface area contributed by atoms with Gasteiger partial charge in [-0.1, -0.05) is 12.1 Å². The molecule has 0 bridgehead atoms. The summed E-state index contributed by atoms with van der Waals surface area (Å²) in [5, 5.41) is 3.00. The molecule has 1 nitrogen and oxygen atoms in total. The monoisotopic (exact) mass is 311 g/mol. The first-order chi connectivity index (χ1) is 8.56. The van der Waals surface area contributed by atoms with Crippen LogP contribution in [0.3, 0.4) is 0 Å². The summed E-state index contributed by atoms with van der Waals surface area (Å²) in [4.78, 5) is 0. The number of hydrogen-bond acceptors (Lipinski definition) is 1. The average Bonchev–Trinajstić information content (AvgIpc) is 2.34. The van der Waals surface area contributed by atoms with Crippen LogP contribution in [-0.4, -0.2) is 0 Å². The first-order valence-electron chi connectivity index (χ1n) is 5.50. The Morgan fingerprint density at radius 1 is 1.06 bits per heavy atom. The predicted octanol–water partition coefficient (Wildman–Crippen LogP) is 4.65. The maximum Gasteiger partial charge on any atom is 0.146 e. The van der Waals surface area contributed by atoms with E-state index in [-0.39, 0.29) is 11.6 Å². The fraction of sp³-hybridized carbons (Fsp3) is 0.143. The molecule has 0 aliphatic carbocycles. The highest BCUT2D eigenvalue weighted by Crippen LogP contribution is 2.19. The van der Waals surface area contributed by atoms with Gasteiger partial charge in [0.1, 0.15) is 11.6 Å². The van der Waals surface area contributed by atoms with Crippen molar-refractivity contribution in [3.8, 4) is 0 Å². The maximum absolute atomic E-state index is 13.5. The number of aryl methyl sites for hydroxylation is 1. The van der Waals surface area contributed by atoms with E-state index in [0.717, 1.165) is 11.1 Å². The fourth-order valence-electron chi connectivity index (χ4n) is 1.62. The van der Waals surface area contributed by atoms with Gasteiger partial charge < -0.3 is 5.32 Å². The Morgan fingerprint density at radius 2 is 1.78 bits per heavy atom. The Hall–Kier alpha value is -1.42. The molecular formula is C14H12BrF2N. The van der Waals surface area contributed by atoms with E-state index < -0.39 is 0 Å². The summed E-state index contributed by atoms with van der Waals surface area (Å²) in [6.07, 6.45) is 0. The highest BCUT2D eigenvalue weighted by molar-refractivity contribution is 9.10. The van der Waals surface area contributed by atoms with Gasteiger partial charge in [-0.3, -0.25) is 0 Å². The normalized spacial score (nSPS) is 10.4. The van der Waals surface area contributed by atoms with Crippen LogP contribution in [0.25, 0.3) is 0 Å². The van der Waals surface area contributed by atoms with E-state index in [1.165, 1.54) is 12.1 Å². The number of benzene rings is 2. The molecule has 0 aliphatic rings. The van der Waals surface area contributed by atoms with Crippen LogP contribution in [-0.2, 0) is 6.54 Å². The van der Waals surface area contributed by atoms with Gasteiger partial charge in [-0.25, -0.2) is 8.78 Å². The third kappa shape index (κ3) is 3.07. The summed E-state index contributed by atoms with van der Waals surface area (Å²) in [6.45, 7) is 2.35. The molecule has 1 N–H and O–H groups in total. The Labute approximate surface area is 113 Å². The smallest absolute Gasteiger partial charge is 0.146 e. The molecule has 94 valence electrons. The maximum atomic E-state index is 13.5. The summed E-state index contributed by atoms with van der Waals surface area (Å²) in [7, 11) is 0. The summed E-state index contributed by atoms with van der Waals surface area (Å²) >= 11 is 3.12. The van der Waals surface area contributed by atoms with Crippen molar-refractivity contribution in [2.75, 3.05) is 5.32 Å². The molecule has 0 heterocycles. The van der Waals surface area contributed by atoms with Crippen LogP contribution < -0.4 is 5.32 Å². The van der Waals surface area contributed by atoms with Crippen molar-refractivity contribution in [2.24, 2.45) is 0 Å². The average molecular weight is 312 g/mol. The third-order valence-corrected chi connectivity index (χ3v) is 3.20. The lowest BCUT2D eigenvalue weighted by Gasteiger charge is -2.09. The summed E-state index contributed by atoms with van der Waals surface area (Å²) in [5.74, 6) is -0.595. The van der Waals surface area contributed by atoms with Crippen LogP contribution in [0, 0.1) is 18.6 Å². The second kappa shape index (κ2) is 5.48. The molecule has 0 saturated heterocycles. The first-order valence-corrected chi connectivity index (χ1v) is 6.29. The van der Waals surface area contributed by atoms with Gasteiger partial charge in [0.2, 0.25) is 0 Å². The molecule has 2 aromatic rings. The minimum Gasteiger partial charge on any atom is -0.379 e. The highest BCUT2D eigenvalue weighted by atomic mass is 79.9. The van der Waals surface area contributed by atoms with Gasteiger partial charge in [0, 0.05) is 6.54 Å². The van der Waals surface area contributed by atoms with E-state index in [1.807, 2.05) is 6.92 Å². The zero-order chi connectivity index (χ0) is 13.1. The summed E-state index contributed by atoms with van der Waals surface area (Å²) in [6, 6.07) is 9.62. The molecule has 4 heteroatoms. The minimum absolute atomic E-state index is 0.290. The lowest BCUT2D eigenvalue weighted by molar-refractivity contribution is 0.620. The van der Waals surface area contributed by atoms with Gasteiger partial charge in [-0.2, -0.15) is 0 Å². The van der Waals surface area contributed by atoms with Gasteiger partial charge >= 0.3 is 0 Å². The molecule has 0 fully saturated rings. The molecule has 0 spiro atoms. The summed E-state index contributed by atoms with van der Waals surface area (Å²) in [5.41, 5.74) is 2.32. The molecular weight excluding hydrogens is 300 g/mol. The molecule has 18 heavy (non-hydrogen) atoms. The van der Waals surface area contributed by atoms with E-state index >= 15 is 0 Å². The highest BCUT2D eigenvalue weighted by Gasteiger charge is 2.03. The van der Waals surface area contributed by atoms with E-state index in [9.17, 15) is 8.78 Å². The lowest BCUT2D eigenvalue weighted by Crippen LogP contribution is -2.02. The molecule has 0 radical (unpaired) electrons. The van der Waals surface area contributed by atoms with E-state index in [0.29, 0.717) is 16.7 Å². The van der Waals surface area contributed by atoms with Crippen LogP contribution >= 0.6 is 15.9 Å². The Bertz CT molecular complexity index is 570. The van der Waals surface area contributed by atoms with E-state index in [2.05, 4.69) is 21.2 Å². The van der Waals surface area contributed by atoms with Gasteiger partial charge in [0.05, 0.1) is 10.2 Å². The molecule has 0 saturated carbocycles. The van der Waals surface area contributed by atoms with Crippen molar-refractivity contribution in [2.45, 2.75) is 13.5 Å². The van der Waals surface area contributed by atoms with Crippen molar-refractivity contribution in [1.29, 1.82) is 0 Å². The lowest BCUT2D eigenvalue weighted by atomic mass is 10.2.